The first kappa shape index (κ1) is 19.4. The lowest BCUT2D eigenvalue weighted by Gasteiger charge is -2.16. The van der Waals surface area contributed by atoms with Gasteiger partial charge >= 0.3 is 11.7 Å². The number of nitrogens with zero attached hydrogens (tertiary/aromatic N) is 4. The molecule has 0 fully saturated rings. The third kappa shape index (κ3) is 3.66. The molecule has 1 aliphatic heterocycles. The summed E-state index contributed by atoms with van der Waals surface area (Å²) in [5.41, 5.74) is 0.505. The number of carbonyl (C=O) groups is 2. The Morgan fingerprint density at radius 3 is 2.67 bits per heavy atom. The van der Waals surface area contributed by atoms with Gasteiger partial charge in [0.15, 0.2) is 5.82 Å². The molecule has 0 bridgehead atoms. The summed E-state index contributed by atoms with van der Waals surface area (Å²) in [7, 11) is 1.55. The maximum atomic E-state index is 13.2. The number of anilines is 1. The molecule has 9 nitrogen and oxygen atoms in total. The normalized spacial score (nSPS) is 12.7. The van der Waals surface area contributed by atoms with Crippen LogP contribution in [0.3, 0.4) is 0 Å². The Morgan fingerprint density at radius 1 is 1.20 bits per heavy atom. The van der Waals surface area contributed by atoms with E-state index in [0.717, 1.165) is 9.36 Å². The number of rotatable bonds is 6. The number of nitrogens with one attached hydrogen (secondary N) is 1. The average Bonchev–Trinajstić information content (AvgIpc) is 3.22. The second kappa shape index (κ2) is 7.82. The lowest BCUT2D eigenvalue weighted by Crippen LogP contribution is -2.38. The standard InChI is InChI=1S/C20H18FN5O4/c1-30-16-7-5-15(6-8-16)24-11-17-23-19(28)25(26(17)20(24)29)12-18(27)22-10-13-3-2-4-14(21)9-13/h2-9H,10-12H2,1H3,(H,22,27). The van der Waals surface area contributed by atoms with Crippen molar-refractivity contribution >= 4 is 17.6 Å². The number of fused-ring (bicyclic) bond motifs is 1. The van der Waals surface area contributed by atoms with Gasteiger partial charge in [0, 0.05) is 12.2 Å². The second-order valence-corrected chi connectivity index (χ2v) is 6.65. The highest BCUT2D eigenvalue weighted by Crippen LogP contribution is 2.25. The van der Waals surface area contributed by atoms with Crippen molar-refractivity contribution in [1.29, 1.82) is 0 Å². The van der Waals surface area contributed by atoms with E-state index in [9.17, 15) is 18.8 Å². The van der Waals surface area contributed by atoms with Crippen LogP contribution >= 0.6 is 0 Å². The van der Waals surface area contributed by atoms with Gasteiger partial charge in [0.2, 0.25) is 5.91 Å². The van der Waals surface area contributed by atoms with Crippen LogP contribution in [0.25, 0.3) is 0 Å². The zero-order valence-corrected chi connectivity index (χ0v) is 16.0. The summed E-state index contributed by atoms with van der Waals surface area (Å²) >= 11 is 0. The van der Waals surface area contributed by atoms with Gasteiger partial charge < -0.3 is 10.1 Å². The largest absolute Gasteiger partial charge is 0.497 e. The molecule has 0 atom stereocenters. The molecule has 1 aromatic heterocycles. The van der Waals surface area contributed by atoms with Crippen LogP contribution in [0.2, 0.25) is 0 Å². The highest BCUT2D eigenvalue weighted by atomic mass is 19.1. The molecule has 0 radical (unpaired) electrons. The Morgan fingerprint density at radius 2 is 1.97 bits per heavy atom. The summed E-state index contributed by atoms with van der Waals surface area (Å²) in [5, 5.41) is 2.61. The highest BCUT2D eigenvalue weighted by molar-refractivity contribution is 5.95. The predicted octanol–water partition coefficient (Wildman–Crippen LogP) is 1.50. The number of methoxy groups -OCH3 is 1. The average molecular weight is 411 g/mol. The van der Waals surface area contributed by atoms with Gasteiger partial charge in [-0.15, -0.1) is 0 Å². The summed E-state index contributed by atoms with van der Waals surface area (Å²) in [6.07, 6.45) is 0. The van der Waals surface area contributed by atoms with E-state index in [1.165, 1.54) is 23.1 Å². The smallest absolute Gasteiger partial charge is 0.365 e. The molecule has 154 valence electrons. The van der Waals surface area contributed by atoms with Crippen LogP contribution in [0.15, 0.2) is 53.3 Å². The fraction of sp³-hybridized carbons (Fsp3) is 0.200. The van der Waals surface area contributed by atoms with Crippen molar-refractivity contribution < 1.29 is 18.7 Å². The lowest BCUT2D eigenvalue weighted by molar-refractivity contribution is -0.122. The van der Waals surface area contributed by atoms with Crippen molar-refractivity contribution in [2.75, 3.05) is 12.0 Å². The number of benzene rings is 2. The first-order valence-electron chi connectivity index (χ1n) is 9.12. The minimum absolute atomic E-state index is 0.0955. The van der Waals surface area contributed by atoms with E-state index in [4.69, 9.17) is 4.74 Å². The van der Waals surface area contributed by atoms with Gasteiger partial charge in [-0.05, 0) is 42.0 Å². The molecular weight excluding hydrogens is 393 g/mol. The Kier molecular flexibility index (Phi) is 5.05. The molecule has 0 spiro atoms. The maximum Gasteiger partial charge on any atom is 0.365 e. The van der Waals surface area contributed by atoms with Gasteiger partial charge in [0.1, 0.15) is 18.1 Å². The van der Waals surface area contributed by atoms with Crippen molar-refractivity contribution in [1.82, 2.24) is 19.7 Å². The number of halogens is 1. The minimum atomic E-state index is -0.686. The zero-order chi connectivity index (χ0) is 21.3. The van der Waals surface area contributed by atoms with E-state index in [0.29, 0.717) is 17.0 Å². The number of carbonyl (C=O) groups excluding carboxylic acids is 2. The number of hydrogen-bond donors (Lipinski definition) is 1. The number of hydrogen-bond acceptors (Lipinski definition) is 5. The van der Waals surface area contributed by atoms with Gasteiger partial charge in [0.25, 0.3) is 0 Å². The Balaban J connectivity index is 1.48. The third-order valence-corrected chi connectivity index (χ3v) is 4.70. The molecule has 1 N–H and O–H groups in total. The van der Waals surface area contributed by atoms with Crippen molar-refractivity contribution in [2.24, 2.45) is 0 Å². The van der Waals surface area contributed by atoms with Crippen LogP contribution in [-0.4, -0.2) is 33.4 Å². The Labute approximate surface area is 170 Å². The molecule has 0 aliphatic carbocycles. The monoisotopic (exact) mass is 411 g/mol. The first-order chi connectivity index (χ1) is 14.5. The van der Waals surface area contributed by atoms with Gasteiger partial charge in [-0.1, -0.05) is 12.1 Å². The van der Waals surface area contributed by atoms with Gasteiger partial charge in [0.05, 0.1) is 13.7 Å². The summed E-state index contributed by atoms with van der Waals surface area (Å²) in [5.74, 6) is -0.00989. The van der Waals surface area contributed by atoms with Crippen LogP contribution in [0.5, 0.6) is 5.75 Å². The molecule has 0 saturated carbocycles. The lowest BCUT2D eigenvalue weighted by atomic mass is 10.2. The molecule has 2 heterocycles. The molecule has 2 amide bonds. The van der Waals surface area contributed by atoms with Crippen molar-refractivity contribution in [3.05, 3.63) is 76.2 Å². The highest BCUT2D eigenvalue weighted by Gasteiger charge is 2.33. The summed E-state index contributed by atoms with van der Waals surface area (Å²) < 4.78 is 20.5. The van der Waals surface area contributed by atoms with Gasteiger partial charge in [-0.2, -0.15) is 9.67 Å². The van der Waals surface area contributed by atoms with Crippen molar-refractivity contribution in [3.63, 3.8) is 0 Å². The number of amides is 2. The fourth-order valence-electron chi connectivity index (χ4n) is 3.22. The molecule has 1 aliphatic rings. The van der Waals surface area contributed by atoms with E-state index in [1.54, 1.807) is 37.4 Å². The molecule has 4 rings (SSSR count). The van der Waals surface area contributed by atoms with E-state index in [-0.39, 0.29) is 25.5 Å². The van der Waals surface area contributed by atoms with Crippen LogP contribution in [0, 0.1) is 5.82 Å². The fourth-order valence-corrected chi connectivity index (χ4v) is 3.22. The third-order valence-electron chi connectivity index (χ3n) is 4.70. The Bertz CT molecular complexity index is 1170. The van der Waals surface area contributed by atoms with Gasteiger partial charge in [-0.25, -0.2) is 18.7 Å². The van der Waals surface area contributed by atoms with Crippen molar-refractivity contribution in [2.45, 2.75) is 19.6 Å². The summed E-state index contributed by atoms with van der Waals surface area (Å²) in [4.78, 5) is 42.7. The van der Waals surface area contributed by atoms with Crippen LogP contribution < -0.4 is 20.6 Å². The molecular formula is C20H18FN5O4. The second-order valence-electron chi connectivity index (χ2n) is 6.65. The van der Waals surface area contributed by atoms with Gasteiger partial charge in [-0.3, -0.25) is 9.69 Å². The topological polar surface area (TPSA) is 98.5 Å². The number of ether oxygens (including phenoxy) is 1. The van der Waals surface area contributed by atoms with Crippen LogP contribution in [0.1, 0.15) is 11.4 Å². The molecule has 0 saturated heterocycles. The summed E-state index contributed by atoms with van der Waals surface area (Å²) in [6, 6.07) is 12.2. The molecule has 10 heteroatoms. The Hall–Kier alpha value is -3.95. The van der Waals surface area contributed by atoms with E-state index >= 15 is 0 Å². The van der Waals surface area contributed by atoms with Crippen molar-refractivity contribution in [3.8, 4) is 5.75 Å². The molecule has 2 aromatic carbocycles. The van der Waals surface area contributed by atoms with E-state index < -0.39 is 23.4 Å². The number of aromatic nitrogens is 3. The molecule has 3 aromatic rings. The van der Waals surface area contributed by atoms with E-state index in [1.807, 2.05) is 0 Å². The minimum Gasteiger partial charge on any atom is -0.497 e. The quantitative estimate of drug-likeness (QED) is 0.663. The molecule has 0 unspecified atom stereocenters. The van der Waals surface area contributed by atoms with Crippen LogP contribution in [0.4, 0.5) is 14.9 Å². The van der Waals surface area contributed by atoms with E-state index in [2.05, 4.69) is 10.3 Å². The predicted molar refractivity (Wildman–Crippen MR) is 105 cm³/mol. The maximum absolute atomic E-state index is 13.2. The first-order valence-corrected chi connectivity index (χ1v) is 9.12. The molecule has 30 heavy (non-hydrogen) atoms. The summed E-state index contributed by atoms with van der Waals surface area (Å²) in [6.45, 7) is -0.181. The SMILES string of the molecule is COc1ccc(N2Cc3nc(=O)n(CC(=O)NCc4cccc(F)c4)n3C2=O)cc1. The van der Waals surface area contributed by atoms with Crippen LogP contribution in [-0.2, 0) is 24.4 Å². The zero-order valence-electron chi connectivity index (χ0n) is 16.0.